The summed E-state index contributed by atoms with van der Waals surface area (Å²) in [6.45, 7) is 4.69. The van der Waals surface area contributed by atoms with Crippen molar-refractivity contribution in [3.05, 3.63) is 65.9 Å². The number of hydrogen-bond donors (Lipinski definition) is 0. The van der Waals surface area contributed by atoms with Gasteiger partial charge in [0.2, 0.25) is 0 Å². The average Bonchev–Trinajstić information content (AvgIpc) is 3.22. The maximum Gasteiger partial charge on any atom is 0.268 e. The van der Waals surface area contributed by atoms with Crippen molar-refractivity contribution in [2.75, 3.05) is 13.1 Å². The van der Waals surface area contributed by atoms with E-state index in [0.29, 0.717) is 11.4 Å². The maximum absolute atomic E-state index is 13.4. The summed E-state index contributed by atoms with van der Waals surface area (Å²) in [4.78, 5) is 2.66. The molecular weight excluding hydrogens is 332 g/mol. The lowest BCUT2D eigenvalue weighted by atomic mass is 10.2. The van der Waals surface area contributed by atoms with Gasteiger partial charge in [0, 0.05) is 17.6 Å². The van der Waals surface area contributed by atoms with E-state index in [9.17, 15) is 8.42 Å². The third kappa shape index (κ3) is 2.98. The summed E-state index contributed by atoms with van der Waals surface area (Å²) in [6, 6.07) is 16.8. The number of para-hydroxylation sites is 1. The van der Waals surface area contributed by atoms with E-state index in [0.717, 1.165) is 35.2 Å². The first-order valence-corrected chi connectivity index (χ1v) is 10.1. The molecule has 5 heteroatoms. The van der Waals surface area contributed by atoms with Crippen LogP contribution in [0.3, 0.4) is 0 Å². The number of fused-ring (bicyclic) bond motifs is 1. The molecule has 0 N–H and O–H groups in total. The van der Waals surface area contributed by atoms with Crippen LogP contribution < -0.4 is 0 Å². The molecule has 0 radical (unpaired) electrons. The molecule has 3 aromatic rings. The van der Waals surface area contributed by atoms with Crippen molar-refractivity contribution in [1.82, 2.24) is 8.87 Å². The standard InChI is InChI=1S/C20H22N2O2S/c1-16-8-10-19(11-9-16)25(23,24)22-18(15-21-12-4-5-13-21)14-17-6-2-3-7-20(17)22/h2-3,6-11,14H,4-5,12-13,15H2,1H3. The van der Waals surface area contributed by atoms with Gasteiger partial charge < -0.3 is 0 Å². The maximum atomic E-state index is 13.4. The molecule has 1 fully saturated rings. The van der Waals surface area contributed by atoms with E-state index in [2.05, 4.69) is 4.90 Å². The van der Waals surface area contributed by atoms with Crippen molar-refractivity contribution in [2.24, 2.45) is 0 Å². The number of aromatic nitrogens is 1. The van der Waals surface area contributed by atoms with Crippen molar-refractivity contribution in [1.29, 1.82) is 0 Å². The fourth-order valence-corrected chi connectivity index (χ4v) is 5.10. The van der Waals surface area contributed by atoms with Gasteiger partial charge in [-0.05, 0) is 57.1 Å². The number of hydrogen-bond acceptors (Lipinski definition) is 3. The Balaban J connectivity index is 1.87. The van der Waals surface area contributed by atoms with Gasteiger partial charge in [-0.2, -0.15) is 0 Å². The van der Waals surface area contributed by atoms with Gasteiger partial charge in [0.15, 0.2) is 0 Å². The van der Waals surface area contributed by atoms with E-state index in [1.165, 1.54) is 16.8 Å². The lowest BCUT2D eigenvalue weighted by Gasteiger charge is -2.17. The van der Waals surface area contributed by atoms with Crippen LogP contribution in [0.15, 0.2) is 59.5 Å². The van der Waals surface area contributed by atoms with E-state index >= 15 is 0 Å². The Bertz CT molecular complexity index is 998. The van der Waals surface area contributed by atoms with E-state index in [1.54, 1.807) is 12.1 Å². The largest absolute Gasteiger partial charge is 0.298 e. The van der Waals surface area contributed by atoms with Crippen molar-refractivity contribution >= 4 is 20.9 Å². The molecule has 0 unspecified atom stereocenters. The molecule has 0 atom stereocenters. The molecule has 1 aliphatic rings. The smallest absolute Gasteiger partial charge is 0.268 e. The predicted molar refractivity (Wildman–Crippen MR) is 100 cm³/mol. The minimum Gasteiger partial charge on any atom is -0.298 e. The van der Waals surface area contributed by atoms with Crippen LogP contribution in [-0.4, -0.2) is 30.4 Å². The first-order valence-electron chi connectivity index (χ1n) is 8.70. The van der Waals surface area contributed by atoms with Gasteiger partial charge in [-0.25, -0.2) is 12.4 Å². The van der Waals surface area contributed by atoms with E-state index in [4.69, 9.17) is 0 Å². The van der Waals surface area contributed by atoms with Crippen LogP contribution in [0, 0.1) is 6.92 Å². The molecule has 0 amide bonds. The Morgan fingerprint density at radius 2 is 1.64 bits per heavy atom. The molecule has 0 bridgehead atoms. The summed E-state index contributed by atoms with van der Waals surface area (Å²) in [5.41, 5.74) is 2.63. The average molecular weight is 354 g/mol. The number of nitrogens with zero attached hydrogens (tertiary/aromatic N) is 2. The van der Waals surface area contributed by atoms with Crippen molar-refractivity contribution < 1.29 is 8.42 Å². The van der Waals surface area contributed by atoms with Gasteiger partial charge in [0.25, 0.3) is 10.0 Å². The fourth-order valence-electron chi connectivity index (χ4n) is 3.57. The van der Waals surface area contributed by atoms with Gasteiger partial charge in [0.05, 0.1) is 10.4 Å². The molecule has 2 aromatic carbocycles. The highest BCUT2D eigenvalue weighted by Crippen LogP contribution is 2.27. The van der Waals surface area contributed by atoms with Gasteiger partial charge in [-0.3, -0.25) is 4.90 Å². The Kier molecular flexibility index (Phi) is 4.13. The summed E-state index contributed by atoms with van der Waals surface area (Å²) in [5.74, 6) is 0. The highest BCUT2D eigenvalue weighted by Gasteiger charge is 2.24. The summed E-state index contributed by atoms with van der Waals surface area (Å²) in [7, 11) is -3.62. The molecule has 0 aliphatic carbocycles. The van der Waals surface area contributed by atoms with Crippen LogP contribution in [0.1, 0.15) is 24.1 Å². The molecular formula is C20H22N2O2S. The molecule has 1 aliphatic heterocycles. The minimum absolute atomic E-state index is 0.335. The molecule has 1 saturated heterocycles. The highest BCUT2D eigenvalue weighted by molar-refractivity contribution is 7.90. The second-order valence-corrected chi connectivity index (χ2v) is 8.55. The highest BCUT2D eigenvalue weighted by atomic mass is 32.2. The second-order valence-electron chi connectivity index (χ2n) is 6.76. The normalized spacial score (nSPS) is 15.9. The molecule has 2 heterocycles. The number of benzene rings is 2. The topological polar surface area (TPSA) is 42.3 Å². The Morgan fingerprint density at radius 3 is 2.36 bits per heavy atom. The summed E-state index contributed by atoms with van der Waals surface area (Å²) >= 11 is 0. The monoisotopic (exact) mass is 354 g/mol. The molecule has 4 rings (SSSR count). The molecule has 0 spiro atoms. The van der Waals surface area contributed by atoms with Crippen molar-refractivity contribution in [2.45, 2.75) is 31.2 Å². The molecule has 1 aromatic heterocycles. The van der Waals surface area contributed by atoms with Crippen LogP contribution in [0.25, 0.3) is 10.9 Å². The third-order valence-corrected chi connectivity index (χ3v) is 6.66. The number of likely N-dealkylation sites (tertiary alicyclic amines) is 1. The number of rotatable bonds is 4. The van der Waals surface area contributed by atoms with Gasteiger partial charge in [-0.1, -0.05) is 35.9 Å². The Hall–Kier alpha value is -2.11. The van der Waals surface area contributed by atoms with Gasteiger partial charge in [-0.15, -0.1) is 0 Å². The lowest BCUT2D eigenvalue weighted by Crippen LogP contribution is -2.23. The van der Waals surface area contributed by atoms with E-state index < -0.39 is 10.0 Å². The summed E-state index contributed by atoms with van der Waals surface area (Å²) < 4.78 is 28.3. The molecule has 130 valence electrons. The Labute approximate surface area is 148 Å². The van der Waals surface area contributed by atoms with Crippen LogP contribution >= 0.6 is 0 Å². The van der Waals surface area contributed by atoms with Crippen molar-refractivity contribution in [3.63, 3.8) is 0 Å². The van der Waals surface area contributed by atoms with Crippen LogP contribution in [0.2, 0.25) is 0 Å². The zero-order valence-electron chi connectivity index (χ0n) is 14.4. The molecule has 25 heavy (non-hydrogen) atoms. The second kappa shape index (κ2) is 6.32. The summed E-state index contributed by atoms with van der Waals surface area (Å²) in [6.07, 6.45) is 2.37. The first-order chi connectivity index (χ1) is 12.1. The van der Waals surface area contributed by atoms with Crippen LogP contribution in [0.4, 0.5) is 0 Å². The van der Waals surface area contributed by atoms with Crippen molar-refractivity contribution in [3.8, 4) is 0 Å². The Morgan fingerprint density at radius 1 is 0.960 bits per heavy atom. The quantitative estimate of drug-likeness (QED) is 0.716. The fraction of sp³-hybridized carbons (Fsp3) is 0.300. The zero-order valence-corrected chi connectivity index (χ0v) is 15.2. The van der Waals surface area contributed by atoms with Crippen LogP contribution in [0.5, 0.6) is 0 Å². The zero-order chi connectivity index (χ0) is 17.4. The number of aryl methyl sites for hydroxylation is 1. The van der Waals surface area contributed by atoms with E-state index in [1.807, 2.05) is 49.4 Å². The first kappa shape index (κ1) is 16.4. The molecule has 0 saturated carbocycles. The van der Waals surface area contributed by atoms with Crippen LogP contribution in [-0.2, 0) is 16.6 Å². The molecule has 4 nitrogen and oxygen atoms in total. The van der Waals surface area contributed by atoms with Gasteiger partial charge in [0.1, 0.15) is 0 Å². The lowest BCUT2D eigenvalue weighted by molar-refractivity contribution is 0.326. The third-order valence-electron chi connectivity index (χ3n) is 4.88. The van der Waals surface area contributed by atoms with E-state index in [-0.39, 0.29) is 0 Å². The summed E-state index contributed by atoms with van der Waals surface area (Å²) in [5, 5.41) is 0.965. The predicted octanol–water partition coefficient (Wildman–Crippen LogP) is 3.78. The minimum atomic E-state index is -3.62. The SMILES string of the molecule is Cc1ccc(S(=O)(=O)n2c(CN3CCCC3)cc3ccccc32)cc1. The van der Waals surface area contributed by atoms with Gasteiger partial charge >= 0.3 is 0 Å².